The number of amides is 1. The summed E-state index contributed by atoms with van der Waals surface area (Å²) in [4.78, 5) is 14.4. The Kier molecular flexibility index (Phi) is 4.97. The predicted octanol–water partition coefficient (Wildman–Crippen LogP) is 4.91. The van der Waals surface area contributed by atoms with E-state index in [1.165, 1.54) is 12.1 Å². The van der Waals surface area contributed by atoms with Gasteiger partial charge < -0.3 is 10.2 Å². The lowest BCUT2D eigenvalue weighted by atomic mass is 9.96. The lowest BCUT2D eigenvalue weighted by Crippen LogP contribution is -2.42. The van der Waals surface area contributed by atoms with Gasteiger partial charge in [0.1, 0.15) is 5.82 Å². The minimum atomic E-state index is -0.254. The fourth-order valence-electron chi connectivity index (χ4n) is 2.98. The summed E-state index contributed by atoms with van der Waals surface area (Å²) in [6, 6.07) is 9.95. The summed E-state index contributed by atoms with van der Waals surface area (Å²) in [5.74, 6) is -0.468. The van der Waals surface area contributed by atoms with Crippen LogP contribution in [0.1, 0.15) is 18.9 Å². The van der Waals surface area contributed by atoms with E-state index in [0.717, 1.165) is 24.1 Å². The van der Waals surface area contributed by atoms with Gasteiger partial charge in [0.15, 0.2) is 0 Å². The zero-order chi connectivity index (χ0) is 17.3. The summed E-state index contributed by atoms with van der Waals surface area (Å²) in [6.45, 7) is 2.21. The molecule has 3 rings (SSSR count). The van der Waals surface area contributed by atoms with E-state index in [4.69, 9.17) is 23.2 Å². The van der Waals surface area contributed by atoms with Crippen molar-refractivity contribution in [2.45, 2.75) is 25.8 Å². The van der Waals surface area contributed by atoms with Crippen molar-refractivity contribution in [3.05, 3.63) is 57.8 Å². The molecule has 1 aliphatic rings. The average Bonchev–Trinajstić information content (AvgIpc) is 2.54. The van der Waals surface area contributed by atoms with Gasteiger partial charge in [-0.05, 0) is 55.7 Å². The molecule has 1 unspecified atom stereocenters. The summed E-state index contributed by atoms with van der Waals surface area (Å²) in [5, 5.41) is 3.56. The Morgan fingerprint density at radius 1 is 1.29 bits per heavy atom. The molecule has 1 heterocycles. The third kappa shape index (κ3) is 3.50. The molecule has 0 saturated carbocycles. The van der Waals surface area contributed by atoms with Gasteiger partial charge in [0.25, 0.3) is 0 Å². The van der Waals surface area contributed by atoms with Crippen molar-refractivity contribution in [2.24, 2.45) is 0 Å². The third-order valence-corrected chi connectivity index (χ3v) is 4.89. The lowest BCUT2D eigenvalue weighted by molar-refractivity contribution is -0.115. The van der Waals surface area contributed by atoms with Crippen LogP contribution in [0.25, 0.3) is 0 Å². The molecule has 6 heteroatoms. The first-order chi connectivity index (χ1) is 11.5. The number of nitrogens with zero attached hydrogens (tertiary/aromatic N) is 1. The van der Waals surface area contributed by atoms with E-state index < -0.39 is 0 Å². The molecule has 0 fully saturated rings. The van der Waals surface area contributed by atoms with Gasteiger partial charge in [-0.3, -0.25) is 4.79 Å². The number of anilines is 2. The van der Waals surface area contributed by atoms with Crippen LogP contribution in [0.2, 0.25) is 10.0 Å². The number of rotatable bonds is 3. The van der Waals surface area contributed by atoms with Crippen LogP contribution in [0.3, 0.4) is 0 Å². The summed E-state index contributed by atoms with van der Waals surface area (Å²) < 4.78 is 13.4. The maximum absolute atomic E-state index is 13.4. The molecule has 1 N–H and O–H groups in total. The highest BCUT2D eigenvalue weighted by molar-refractivity contribution is 6.39. The Labute approximate surface area is 150 Å². The fourth-order valence-corrected chi connectivity index (χ4v) is 3.48. The highest BCUT2D eigenvalue weighted by Gasteiger charge is 2.25. The number of aryl methyl sites for hydroxylation is 1. The van der Waals surface area contributed by atoms with Gasteiger partial charge in [-0.15, -0.1) is 0 Å². The van der Waals surface area contributed by atoms with Gasteiger partial charge in [0, 0.05) is 11.7 Å². The Balaban J connectivity index is 1.79. The second-order valence-corrected chi connectivity index (χ2v) is 6.75. The number of nitrogens with one attached hydrogen (secondary N) is 1. The van der Waals surface area contributed by atoms with E-state index in [9.17, 15) is 9.18 Å². The number of hydrogen-bond acceptors (Lipinski definition) is 2. The van der Waals surface area contributed by atoms with E-state index in [1.807, 2.05) is 4.90 Å². The van der Waals surface area contributed by atoms with Crippen molar-refractivity contribution in [1.29, 1.82) is 0 Å². The predicted molar refractivity (Wildman–Crippen MR) is 96.6 cm³/mol. The van der Waals surface area contributed by atoms with Crippen LogP contribution < -0.4 is 10.2 Å². The van der Waals surface area contributed by atoms with Gasteiger partial charge in [-0.2, -0.15) is 0 Å². The fraction of sp³-hybridized carbons (Fsp3) is 0.278. The minimum Gasteiger partial charge on any atom is -0.359 e. The zero-order valence-corrected chi connectivity index (χ0v) is 14.7. The van der Waals surface area contributed by atoms with E-state index >= 15 is 0 Å². The Hall–Kier alpha value is -1.78. The number of carbonyl (C=O) groups is 1. The first-order valence-corrected chi connectivity index (χ1v) is 8.50. The van der Waals surface area contributed by atoms with Crippen molar-refractivity contribution >= 4 is 40.5 Å². The topological polar surface area (TPSA) is 32.3 Å². The molecule has 0 radical (unpaired) electrons. The maximum atomic E-state index is 13.4. The molecule has 0 aliphatic carbocycles. The monoisotopic (exact) mass is 366 g/mol. The highest BCUT2D eigenvalue weighted by atomic mass is 35.5. The second kappa shape index (κ2) is 6.99. The molecule has 2 aromatic rings. The SMILES string of the molecule is CC1CCc2cc(F)ccc2N1CC(=O)Nc1c(Cl)cccc1Cl. The number of carbonyl (C=O) groups excluding carboxylic acids is 1. The quantitative estimate of drug-likeness (QED) is 0.836. The van der Waals surface area contributed by atoms with Crippen molar-refractivity contribution in [1.82, 2.24) is 0 Å². The summed E-state index contributed by atoms with van der Waals surface area (Å²) >= 11 is 12.2. The van der Waals surface area contributed by atoms with Gasteiger partial charge in [-0.1, -0.05) is 29.3 Å². The van der Waals surface area contributed by atoms with Crippen LogP contribution in [0.15, 0.2) is 36.4 Å². The van der Waals surface area contributed by atoms with Gasteiger partial charge in [-0.25, -0.2) is 4.39 Å². The van der Waals surface area contributed by atoms with Gasteiger partial charge in [0.05, 0.1) is 22.3 Å². The Bertz CT molecular complexity index is 761. The van der Waals surface area contributed by atoms with E-state index in [1.54, 1.807) is 24.3 Å². The Morgan fingerprint density at radius 2 is 2.00 bits per heavy atom. The van der Waals surface area contributed by atoms with Crippen LogP contribution in [0.5, 0.6) is 0 Å². The molecule has 126 valence electrons. The third-order valence-electron chi connectivity index (χ3n) is 4.26. The van der Waals surface area contributed by atoms with Crippen molar-refractivity contribution in [2.75, 3.05) is 16.8 Å². The second-order valence-electron chi connectivity index (χ2n) is 5.93. The van der Waals surface area contributed by atoms with Crippen LogP contribution in [0, 0.1) is 5.82 Å². The highest BCUT2D eigenvalue weighted by Crippen LogP contribution is 2.32. The van der Waals surface area contributed by atoms with E-state index in [0.29, 0.717) is 15.7 Å². The first-order valence-electron chi connectivity index (χ1n) is 7.74. The van der Waals surface area contributed by atoms with E-state index in [-0.39, 0.29) is 24.3 Å². The number of hydrogen-bond donors (Lipinski definition) is 1. The van der Waals surface area contributed by atoms with Crippen molar-refractivity contribution in [3.8, 4) is 0 Å². The first kappa shape index (κ1) is 17.1. The number of fused-ring (bicyclic) bond motifs is 1. The molecule has 0 aromatic heterocycles. The molecule has 24 heavy (non-hydrogen) atoms. The summed E-state index contributed by atoms with van der Waals surface area (Å²) in [6.07, 6.45) is 1.68. The molecule has 0 bridgehead atoms. The zero-order valence-electron chi connectivity index (χ0n) is 13.2. The van der Waals surface area contributed by atoms with Crippen molar-refractivity contribution < 1.29 is 9.18 Å². The van der Waals surface area contributed by atoms with Crippen LogP contribution in [0.4, 0.5) is 15.8 Å². The Morgan fingerprint density at radius 3 is 2.71 bits per heavy atom. The molecule has 1 atom stereocenters. The van der Waals surface area contributed by atoms with Crippen LogP contribution >= 0.6 is 23.2 Å². The lowest BCUT2D eigenvalue weighted by Gasteiger charge is -2.36. The normalized spacial score (nSPS) is 16.7. The molecule has 0 saturated heterocycles. The van der Waals surface area contributed by atoms with Gasteiger partial charge >= 0.3 is 0 Å². The number of benzene rings is 2. The van der Waals surface area contributed by atoms with Gasteiger partial charge in [0.2, 0.25) is 5.91 Å². The molecule has 0 spiro atoms. The molecular formula is C18H17Cl2FN2O. The smallest absolute Gasteiger partial charge is 0.243 e. The molecule has 2 aromatic carbocycles. The molecule has 3 nitrogen and oxygen atoms in total. The van der Waals surface area contributed by atoms with Crippen LogP contribution in [-0.4, -0.2) is 18.5 Å². The van der Waals surface area contributed by atoms with Crippen LogP contribution in [-0.2, 0) is 11.2 Å². The average molecular weight is 367 g/mol. The standard InChI is InChI=1S/C18H17Cl2FN2O/c1-11-5-6-12-9-13(21)7-8-16(12)23(11)10-17(24)22-18-14(19)3-2-4-15(18)20/h2-4,7-9,11H,5-6,10H2,1H3,(H,22,24). The summed E-state index contributed by atoms with van der Waals surface area (Å²) in [5.41, 5.74) is 2.24. The number of halogens is 3. The van der Waals surface area contributed by atoms with Crippen molar-refractivity contribution in [3.63, 3.8) is 0 Å². The van der Waals surface area contributed by atoms with E-state index in [2.05, 4.69) is 12.2 Å². The molecular weight excluding hydrogens is 350 g/mol. The largest absolute Gasteiger partial charge is 0.359 e. The molecule has 1 aliphatic heterocycles. The minimum absolute atomic E-state index is 0.154. The number of para-hydroxylation sites is 1. The summed E-state index contributed by atoms with van der Waals surface area (Å²) in [7, 11) is 0. The maximum Gasteiger partial charge on any atom is 0.243 e. The molecule has 1 amide bonds.